The third-order valence-electron chi connectivity index (χ3n) is 9.61. The van der Waals surface area contributed by atoms with Crippen LogP contribution in [0.1, 0.15) is 6.92 Å². The van der Waals surface area contributed by atoms with Crippen LogP contribution < -0.4 is 14.9 Å². The highest BCUT2D eigenvalue weighted by Crippen LogP contribution is 2.40. The number of phenols is 3. The predicted molar refractivity (Wildman–Crippen MR) is 178 cm³/mol. The van der Waals surface area contributed by atoms with Gasteiger partial charge >= 0.3 is 0 Å². The first kappa shape index (κ1) is 40.7. The number of aliphatic hydroxyl groups excluding tert-OH is 9. The molecule has 0 unspecified atom stereocenters. The molecule has 0 bridgehead atoms. The number of rotatable bonds is 10. The molecule has 3 saturated heterocycles. The lowest BCUT2D eigenvalue weighted by atomic mass is 9.97. The lowest BCUT2D eigenvalue weighted by Crippen LogP contribution is -2.65. The van der Waals surface area contributed by atoms with Gasteiger partial charge in [0.1, 0.15) is 83.5 Å². The van der Waals surface area contributed by atoms with Crippen LogP contribution in [-0.4, -0.2) is 174 Å². The molecule has 15 atom stereocenters. The SMILES string of the molecule is COc1cc(-c2oc3cc(O)cc(O)c3c(=O)c2O[C@@H]2O[C@@H](CO[C@@H]3O[C@H](C)[C@H](O)[C@H](O)[C@H]3O)[C@H](O)[C@H](O)[C@@H]2O[C@@H]2O[C@@H](CO)[C@@H](O)[C@@H](O)[C@H]2O)ccc1O. The molecule has 0 saturated carbocycles. The molecule has 3 aromatic rings. The van der Waals surface area contributed by atoms with E-state index in [1.807, 2.05) is 0 Å². The fraction of sp³-hybridized carbons (Fsp3) is 0.559. The highest BCUT2D eigenvalue weighted by molar-refractivity contribution is 5.88. The number of hydrogen-bond donors (Lipinski definition) is 12. The number of phenolic OH excluding ortho intramolecular Hbond substituents is 3. The van der Waals surface area contributed by atoms with Crippen molar-refractivity contribution in [3.63, 3.8) is 0 Å². The van der Waals surface area contributed by atoms with Crippen molar-refractivity contribution >= 4 is 11.0 Å². The summed E-state index contributed by atoms with van der Waals surface area (Å²) in [6.45, 7) is -0.171. The average Bonchev–Trinajstić information content (AvgIpc) is 3.15. The van der Waals surface area contributed by atoms with Crippen molar-refractivity contribution in [2.75, 3.05) is 20.3 Å². The summed E-state index contributed by atoms with van der Waals surface area (Å²) in [6.07, 6.45) is -26.4. The number of benzene rings is 2. The van der Waals surface area contributed by atoms with Crippen molar-refractivity contribution < 1.29 is 98.9 Å². The zero-order valence-electron chi connectivity index (χ0n) is 29.0. The largest absolute Gasteiger partial charge is 0.508 e. The molecule has 3 fully saturated rings. The molecule has 0 amide bonds. The summed E-state index contributed by atoms with van der Waals surface area (Å²) in [5, 5.41) is 125. The Balaban J connectivity index is 1.41. The van der Waals surface area contributed by atoms with E-state index in [2.05, 4.69) is 0 Å². The van der Waals surface area contributed by atoms with E-state index in [0.717, 1.165) is 12.1 Å². The smallest absolute Gasteiger partial charge is 0.239 e. The predicted octanol–water partition coefficient (Wildman–Crippen LogP) is -3.56. The van der Waals surface area contributed by atoms with Crippen LogP contribution in [0.5, 0.6) is 28.7 Å². The molecule has 3 aliphatic heterocycles. The highest BCUT2D eigenvalue weighted by atomic mass is 16.8. The normalized spacial score (nSPS) is 36.8. The van der Waals surface area contributed by atoms with Crippen LogP contribution in [0.4, 0.5) is 0 Å². The summed E-state index contributed by atoms with van der Waals surface area (Å²) < 4.78 is 45.3. The fourth-order valence-corrected chi connectivity index (χ4v) is 6.46. The zero-order valence-corrected chi connectivity index (χ0v) is 29.0. The van der Waals surface area contributed by atoms with E-state index in [1.165, 1.54) is 32.2 Å². The third kappa shape index (κ3) is 7.77. The minimum absolute atomic E-state index is 0.0208. The fourth-order valence-electron chi connectivity index (χ4n) is 6.46. The Hall–Kier alpha value is -3.91. The van der Waals surface area contributed by atoms with Crippen LogP contribution in [0.25, 0.3) is 22.3 Å². The quantitative estimate of drug-likeness (QED) is 0.0946. The lowest BCUT2D eigenvalue weighted by molar-refractivity contribution is -0.362. The maximum absolute atomic E-state index is 14.2. The molecule has 1 aromatic heterocycles. The molecule has 304 valence electrons. The molecule has 21 nitrogen and oxygen atoms in total. The van der Waals surface area contributed by atoms with Gasteiger partial charge in [-0.15, -0.1) is 0 Å². The van der Waals surface area contributed by atoms with Gasteiger partial charge in [0, 0.05) is 17.7 Å². The lowest BCUT2D eigenvalue weighted by Gasteiger charge is -2.46. The molecule has 0 spiro atoms. The molecule has 12 N–H and O–H groups in total. The van der Waals surface area contributed by atoms with E-state index < -0.39 is 139 Å². The van der Waals surface area contributed by atoms with Gasteiger partial charge in [-0.2, -0.15) is 0 Å². The van der Waals surface area contributed by atoms with Crippen LogP contribution in [0.15, 0.2) is 39.5 Å². The second kappa shape index (κ2) is 16.3. The number of methoxy groups -OCH3 is 1. The Morgan fingerprint density at radius 1 is 0.709 bits per heavy atom. The topological polar surface area (TPSA) is 338 Å². The van der Waals surface area contributed by atoms with Crippen LogP contribution in [0.3, 0.4) is 0 Å². The average molecular weight is 787 g/mol. The summed E-state index contributed by atoms with van der Waals surface area (Å²) in [5.74, 6) is -2.77. The maximum atomic E-state index is 14.2. The summed E-state index contributed by atoms with van der Waals surface area (Å²) in [4.78, 5) is 14.2. The van der Waals surface area contributed by atoms with Gasteiger partial charge in [0.25, 0.3) is 0 Å². The minimum Gasteiger partial charge on any atom is -0.508 e. The number of hydrogen-bond acceptors (Lipinski definition) is 21. The Morgan fingerprint density at radius 2 is 1.36 bits per heavy atom. The number of aromatic hydroxyl groups is 3. The molecule has 4 heterocycles. The van der Waals surface area contributed by atoms with Gasteiger partial charge in [0.2, 0.25) is 17.5 Å². The third-order valence-corrected chi connectivity index (χ3v) is 9.61. The molecule has 3 aliphatic rings. The number of aliphatic hydroxyl groups is 9. The van der Waals surface area contributed by atoms with E-state index in [1.54, 1.807) is 0 Å². The summed E-state index contributed by atoms with van der Waals surface area (Å²) in [6, 6.07) is 5.60. The molecule has 0 aliphatic carbocycles. The first-order valence-corrected chi connectivity index (χ1v) is 16.9. The first-order chi connectivity index (χ1) is 26.1. The van der Waals surface area contributed by atoms with Crippen molar-refractivity contribution in [1.29, 1.82) is 0 Å². The Labute approximate surface area is 309 Å². The van der Waals surface area contributed by atoms with Gasteiger partial charge in [0.05, 0.1) is 26.4 Å². The second-order valence-electron chi connectivity index (χ2n) is 13.3. The van der Waals surface area contributed by atoms with Gasteiger partial charge in [-0.05, 0) is 25.1 Å². The number of ether oxygens (including phenoxy) is 7. The molecule has 0 radical (unpaired) electrons. The maximum Gasteiger partial charge on any atom is 0.239 e. The van der Waals surface area contributed by atoms with Crippen LogP contribution >= 0.6 is 0 Å². The molecule has 55 heavy (non-hydrogen) atoms. The van der Waals surface area contributed by atoms with Crippen molar-refractivity contribution in [2.24, 2.45) is 0 Å². The van der Waals surface area contributed by atoms with Crippen molar-refractivity contribution in [2.45, 2.75) is 99.0 Å². The van der Waals surface area contributed by atoms with Gasteiger partial charge in [0.15, 0.2) is 35.9 Å². The van der Waals surface area contributed by atoms with E-state index in [0.29, 0.717) is 0 Å². The van der Waals surface area contributed by atoms with Gasteiger partial charge < -0.3 is 98.9 Å². The summed E-state index contributed by atoms with van der Waals surface area (Å²) in [7, 11) is 1.25. The highest BCUT2D eigenvalue weighted by Gasteiger charge is 2.52. The summed E-state index contributed by atoms with van der Waals surface area (Å²) in [5.41, 5.74) is -1.39. The Bertz CT molecular complexity index is 1870. The second-order valence-corrected chi connectivity index (χ2v) is 13.3. The Morgan fingerprint density at radius 3 is 2.05 bits per heavy atom. The van der Waals surface area contributed by atoms with Crippen molar-refractivity contribution in [3.8, 4) is 40.1 Å². The Kier molecular flexibility index (Phi) is 12.1. The summed E-state index contributed by atoms with van der Waals surface area (Å²) >= 11 is 0. The van der Waals surface area contributed by atoms with E-state index in [-0.39, 0.29) is 22.6 Å². The van der Waals surface area contributed by atoms with E-state index >= 15 is 0 Å². The minimum atomic E-state index is -2.08. The molecule has 6 rings (SSSR count). The van der Waals surface area contributed by atoms with Crippen LogP contribution in [0, 0.1) is 0 Å². The first-order valence-electron chi connectivity index (χ1n) is 16.9. The standard InChI is InChI=1S/C34H42O21/c1-10-20(39)24(43)27(46)32(50-10)49-9-18-22(41)26(45)31(55-33-28(47)25(44)21(40)17(8-35)52-33)34(53-18)54-30-23(42)19-14(38)6-12(36)7-16(19)51-29(30)11-3-4-13(37)15(5-11)48-2/h3-7,10,17-18,20-22,24-28,31-41,43-47H,8-9H2,1-2H3/t10-,17+,18+,20+,21-,22+,24+,25-,26+,27-,28-,31+,32-,33+,34+/m1/s1. The zero-order chi connectivity index (χ0) is 40.0. The van der Waals surface area contributed by atoms with E-state index in [9.17, 15) is 66.1 Å². The van der Waals surface area contributed by atoms with Crippen LogP contribution in [-0.2, 0) is 23.7 Å². The van der Waals surface area contributed by atoms with E-state index in [4.69, 9.17) is 37.6 Å². The monoisotopic (exact) mass is 786 g/mol. The van der Waals surface area contributed by atoms with Crippen LogP contribution in [0.2, 0.25) is 0 Å². The van der Waals surface area contributed by atoms with Crippen molar-refractivity contribution in [3.05, 3.63) is 40.6 Å². The van der Waals surface area contributed by atoms with Gasteiger partial charge in [-0.25, -0.2) is 0 Å². The molecular weight excluding hydrogens is 744 g/mol. The number of fused-ring (bicyclic) bond motifs is 1. The van der Waals surface area contributed by atoms with Crippen molar-refractivity contribution in [1.82, 2.24) is 0 Å². The molecular formula is C34H42O21. The van der Waals surface area contributed by atoms with Gasteiger partial charge in [-0.3, -0.25) is 4.79 Å². The molecule has 2 aromatic carbocycles. The molecule has 21 heteroatoms. The van der Waals surface area contributed by atoms with Gasteiger partial charge in [-0.1, -0.05) is 0 Å².